The van der Waals surface area contributed by atoms with Gasteiger partial charge in [-0.2, -0.15) is 4.98 Å². The molecule has 1 atom stereocenters. The van der Waals surface area contributed by atoms with E-state index < -0.39 is 0 Å². The first-order chi connectivity index (χ1) is 22.6. The third-order valence-corrected chi connectivity index (χ3v) is 9.12. The van der Waals surface area contributed by atoms with Crippen LogP contribution in [0.25, 0.3) is 27.8 Å². The lowest BCUT2D eigenvalue weighted by Gasteiger charge is -2.40. The van der Waals surface area contributed by atoms with Crippen LogP contribution >= 0.6 is 23.2 Å². The van der Waals surface area contributed by atoms with E-state index in [1.807, 2.05) is 29.7 Å². The number of imidazole rings is 1. The smallest absolute Gasteiger partial charge is 0.243 e. The van der Waals surface area contributed by atoms with Gasteiger partial charge in [0, 0.05) is 78.6 Å². The Morgan fingerprint density at radius 2 is 1.83 bits per heavy atom. The third-order valence-electron chi connectivity index (χ3n) is 8.37. The molecule has 2 aromatic carbocycles. The van der Waals surface area contributed by atoms with Crippen molar-refractivity contribution in [2.45, 2.75) is 26.4 Å². The van der Waals surface area contributed by atoms with Gasteiger partial charge < -0.3 is 29.9 Å². The minimum atomic E-state index is -0.251. The molecule has 4 heterocycles. The van der Waals surface area contributed by atoms with Crippen molar-refractivity contribution in [1.29, 1.82) is 0 Å². The highest BCUT2D eigenvalue weighted by Crippen LogP contribution is 2.47. The molecule has 13 heteroatoms. The number of hydrogen-bond acceptors (Lipinski definition) is 9. The largest absolute Gasteiger partial charge is 0.495 e. The Hall–Kier alpha value is -4.58. The first-order valence-electron chi connectivity index (χ1n) is 15.1. The Morgan fingerprint density at radius 3 is 2.51 bits per heavy atom. The maximum atomic E-state index is 12.1. The fraction of sp³-hybridized carbons (Fsp3) is 0.294. The number of methoxy groups -OCH3 is 2. The number of nitrogens with one attached hydrogen (secondary N) is 2. The molecule has 2 N–H and O–H groups in total. The minimum absolute atomic E-state index is 0.251. The lowest BCUT2D eigenvalue weighted by atomic mass is 10.0. The molecule has 1 fully saturated rings. The van der Waals surface area contributed by atoms with E-state index in [-0.39, 0.29) is 5.91 Å². The highest BCUT2D eigenvalue weighted by molar-refractivity contribution is 6.41. The molecule has 47 heavy (non-hydrogen) atoms. The summed E-state index contributed by atoms with van der Waals surface area (Å²) in [7, 11) is 5.21. The summed E-state index contributed by atoms with van der Waals surface area (Å²) in [5.74, 6) is 0.981. The zero-order chi connectivity index (χ0) is 33.4. The number of likely N-dealkylation sites (N-methyl/N-ethyl adjacent to an activating group) is 1. The molecule has 3 aromatic heterocycles. The van der Waals surface area contributed by atoms with E-state index in [1.165, 1.54) is 20.3 Å². The van der Waals surface area contributed by atoms with Crippen LogP contribution in [-0.2, 0) is 11.3 Å². The number of benzene rings is 2. The molecule has 1 aliphatic rings. The Morgan fingerprint density at radius 1 is 1.09 bits per heavy atom. The molecular weight excluding hydrogens is 639 g/mol. The van der Waals surface area contributed by atoms with Crippen LogP contribution in [0.4, 0.5) is 17.3 Å². The van der Waals surface area contributed by atoms with Crippen LogP contribution in [0, 0.1) is 6.92 Å². The Labute approximate surface area is 283 Å². The zero-order valence-corrected chi connectivity index (χ0v) is 28.4. The van der Waals surface area contributed by atoms with Crippen LogP contribution in [0.15, 0.2) is 55.4 Å². The Kier molecular flexibility index (Phi) is 9.14. The van der Waals surface area contributed by atoms with E-state index in [0.29, 0.717) is 62.5 Å². The third kappa shape index (κ3) is 6.26. The lowest BCUT2D eigenvalue weighted by molar-refractivity contribution is -0.116. The Bertz CT molecular complexity index is 1990. The monoisotopic (exact) mass is 674 g/mol. The summed E-state index contributed by atoms with van der Waals surface area (Å²) >= 11 is 13.6. The second kappa shape index (κ2) is 13.3. The van der Waals surface area contributed by atoms with Crippen molar-refractivity contribution in [3.05, 3.63) is 76.7 Å². The summed E-state index contributed by atoms with van der Waals surface area (Å²) in [6.45, 7) is 10.9. The maximum Gasteiger partial charge on any atom is 0.243 e. The van der Waals surface area contributed by atoms with E-state index in [1.54, 1.807) is 12.3 Å². The van der Waals surface area contributed by atoms with Crippen LogP contribution in [0.2, 0.25) is 10.0 Å². The van der Waals surface area contributed by atoms with Crippen LogP contribution in [0.3, 0.4) is 0 Å². The quantitative estimate of drug-likeness (QED) is 0.175. The number of fused-ring (bicyclic) bond motifs is 3. The van der Waals surface area contributed by atoms with Gasteiger partial charge in [0.05, 0.1) is 30.0 Å². The molecule has 1 aliphatic heterocycles. The number of carbonyl (C=O) groups excluding carboxylic acids is 1. The van der Waals surface area contributed by atoms with Gasteiger partial charge in [-0.3, -0.25) is 9.20 Å². The molecule has 11 nitrogen and oxygen atoms in total. The number of halogens is 2. The number of hydrogen-bond donors (Lipinski definition) is 2. The molecule has 244 valence electrons. The number of ether oxygens (including phenoxy) is 2. The standard InChI is InChI=1S/C34H36Cl2N8O3/c1-7-28(45)37-15-21-12-23(43-11-10-42(4)18-20(43)3)8-9-25(21)40-34-38-16-22-13-24(33-39-19(2)17-44(33)32(22)41-34)29-30(35)26(46-5)14-27(47-6)31(29)36/h7-9,12-14,16-17,20H,1,10-11,15,18H2,2-6H3,(H,37,45)(H,38,40,41). The van der Waals surface area contributed by atoms with Gasteiger partial charge in [0.25, 0.3) is 0 Å². The van der Waals surface area contributed by atoms with Crippen molar-refractivity contribution in [2.24, 2.45) is 0 Å². The molecule has 1 amide bonds. The van der Waals surface area contributed by atoms with Gasteiger partial charge in [-0.05, 0) is 56.8 Å². The zero-order valence-electron chi connectivity index (χ0n) is 26.9. The maximum absolute atomic E-state index is 12.1. The fourth-order valence-electron chi connectivity index (χ4n) is 6.04. The van der Waals surface area contributed by atoms with Crippen molar-refractivity contribution < 1.29 is 14.3 Å². The second-order valence-corrected chi connectivity index (χ2v) is 12.3. The summed E-state index contributed by atoms with van der Waals surface area (Å²) < 4.78 is 12.9. The topological polar surface area (TPSA) is 109 Å². The van der Waals surface area contributed by atoms with Crippen molar-refractivity contribution in [2.75, 3.05) is 51.1 Å². The van der Waals surface area contributed by atoms with Crippen molar-refractivity contribution in [3.8, 4) is 22.6 Å². The molecule has 0 spiro atoms. The minimum Gasteiger partial charge on any atom is -0.495 e. The van der Waals surface area contributed by atoms with Gasteiger partial charge >= 0.3 is 0 Å². The van der Waals surface area contributed by atoms with Gasteiger partial charge in [-0.1, -0.05) is 29.8 Å². The summed E-state index contributed by atoms with van der Waals surface area (Å²) in [4.78, 5) is 31.2. The lowest BCUT2D eigenvalue weighted by Crippen LogP contribution is -2.50. The molecule has 1 saturated heterocycles. The first-order valence-corrected chi connectivity index (χ1v) is 15.9. The normalized spacial score (nSPS) is 15.2. The number of carbonyl (C=O) groups is 1. The van der Waals surface area contributed by atoms with Gasteiger partial charge in [-0.15, -0.1) is 0 Å². The first kappa shape index (κ1) is 32.4. The average molecular weight is 676 g/mol. The molecule has 0 radical (unpaired) electrons. The van der Waals surface area contributed by atoms with Gasteiger partial charge in [0.15, 0.2) is 5.65 Å². The predicted octanol–water partition coefficient (Wildman–Crippen LogP) is 6.26. The van der Waals surface area contributed by atoms with E-state index >= 15 is 0 Å². The second-order valence-electron chi connectivity index (χ2n) is 11.6. The summed E-state index contributed by atoms with van der Waals surface area (Å²) in [6.07, 6.45) is 4.90. The van der Waals surface area contributed by atoms with Crippen LogP contribution < -0.4 is 25.0 Å². The van der Waals surface area contributed by atoms with E-state index in [0.717, 1.165) is 47.7 Å². The fourth-order valence-corrected chi connectivity index (χ4v) is 6.74. The van der Waals surface area contributed by atoms with Gasteiger partial charge in [-0.25, -0.2) is 9.97 Å². The van der Waals surface area contributed by atoms with E-state index in [9.17, 15) is 4.79 Å². The number of anilines is 3. The average Bonchev–Trinajstić information content (AvgIpc) is 3.46. The summed E-state index contributed by atoms with van der Waals surface area (Å²) in [5.41, 5.74) is 5.99. The van der Waals surface area contributed by atoms with Crippen molar-refractivity contribution >= 4 is 63.1 Å². The van der Waals surface area contributed by atoms with Crippen LogP contribution in [0.1, 0.15) is 18.2 Å². The molecule has 1 unspecified atom stereocenters. The van der Waals surface area contributed by atoms with Gasteiger partial charge in [0.1, 0.15) is 17.1 Å². The van der Waals surface area contributed by atoms with E-state index in [4.69, 9.17) is 42.6 Å². The van der Waals surface area contributed by atoms with E-state index in [2.05, 4.69) is 58.1 Å². The number of piperazine rings is 1. The van der Waals surface area contributed by atoms with Gasteiger partial charge in [0.2, 0.25) is 11.9 Å². The van der Waals surface area contributed by atoms with Crippen LogP contribution in [0.5, 0.6) is 11.5 Å². The summed E-state index contributed by atoms with van der Waals surface area (Å²) in [6, 6.07) is 10.1. The molecule has 0 aliphatic carbocycles. The highest BCUT2D eigenvalue weighted by Gasteiger charge is 2.24. The number of aromatic nitrogens is 4. The number of aryl methyl sites for hydroxylation is 1. The number of amides is 1. The molecule has 0 saturated carbocycles. The molecular formula is C34H36Cl2N8O3. The number of rotatable bonds is 9. The molecule has 5 aromatic rings. The van der Waals surface area contributed by atoms with Crippen LogP contribution in [-0.4, -0.2) is 77.1 Å². The SMILES string of the molecule is C=CC(=O)NCc1cc(N2CCN(C)CC2C)ccc1Nc1ncc2cc(-c3c(Cl)c(OC)cc(OC)c3Cl)c3nc(C)cn3c2n1. The molecule has 0 bridgehead atoms. The highest BCUT2D eigenvalue weighted by atomic mass is 35.5. The summed E-state index contributed by atoms with van der Waals surface area (Å²) in [5, 5.41) is 7.71. The van der Waals surface area contributed by atoms with Crippen molar-refractivity contribution in [1.82, 2.24) is 29.6 Å². The Balaban J connectivity index is 1.42. The number of pyridine rings is 1. The number of nitrogens with zero attached hydrogens (tertiary/aromatic N) is 6. The predicted molar refractivity (Wildman–Crippen MR) is 188 cm³/mol. The van der Waals surface area contributed by atoms with Crippen molar-refractivity contribution in [3.63, 3.8) is 0 Å². The molecule has 6 rings (SSSR count).